The lowest BCUT2D eigenvalue weighted by Gasteiger charge is -2.08. The van der Waals surface area contributed by atoms with Crippen molar-refractivity contribution in [1.29, 1.82) is 5.26 Å². The average molecular weight is 379 g/mol. The monoisotopic (exact) mass is 378 g/mol. The van der Waals surface area contributed by atoms with Gasteiger partial charge in [-0.15, -0.1) is 0 Å². The minimum Gasteiger partial charge on any atom is -0.449 e. The molecule has 0 spiro atoms. The Bertz CT molecular complexity index is 1010. The van der Waals surface area contributed by atoms with Gasteiger partial charge in [0.25, 0.3) is 0 Å². The Hall–Kier alpha value is -2.89. The largest absolute Gasteiger partial charge is 0.449 e. The van der Waals surface area contributed by atoms with E-state index in [1.807, 2.05) is 0 Å². The summed E-state index contributed by atoms with van der Waals surface area (Å²) in [6.45, 7) is 0. The molecule has 0 aromatic heterocycles. The first-order valence-electron chi connectivity index (χ1n) is 6.75. The lowest BCUT2D eigenvalue weighted by molar-refractivity contribution is -0.385. The smallest absolute Gasteiger partial charge is 0.312 e. The zero-order valence-electron chi connectivity index (χ0n) is 12.8. The van der Waals surface area contributed by atoms with E-state index in [4.69, 9.17) is 21.6 Å². The molecule has 7 nitrogen and oxygen atoms in total. The number of hydrogen-bond acceptors (Lipinski definition) is 6. The summed E-state index contributed by atoms with van der Waals surface area (Å²) in [6, 6.07) is 11.9. The molecule has 0 bridgehead atoms. The predicted octanol–water partition coefficient (Wildman–Crippen LogP) is 3.95. The molecule has 0 unspecified atom stereocenters. The van der Waals surface area contributed by atoms with E-state index < -0.39 is 19.7 Å². The van der Waals surface area contributed by atoms with Crippen LogP contribution < -0.4 is 4.74 Å². The Kier molecular flexibility index (Phi) is 5.41. The fourth-order valence-corrected chi connectivity index (χ4v) is 2.56. The van der Waals surface area contributed by atoms with Crippen molar-refractivity contribution in [3.8, 4) is 17.6 Å². The molecule has 0 fully saturated rings. The van der Waals surface area contributed by atoms with E-state index in [1.54, 1.807) is 30.3 Å². The molecular weight excluding hydrogens is 368 g/mol. The highest BCUT2D eigenvalue weighted by Gasteiger charge is 2.18. The number of rotatable bonds is 5. The molecule has 0 saturated carbocycles. The molecule has 0 aliphatic heterocycles. The van der Waals surface area contributed by atoms with Crippen LogP contribution in [0.5, 0.6) is 11.5 Å². The van der Waals surface area contributed by atoms with Crippen LogP contribution in [0.3, 0.4) is 0 Å². The summed E-state index contributed by atoms with van der Waals surface area (Å²) in [6.07, 6.45) is 1.94. The van der Waals surface area contributed by atoms with Crippen molar-refractivity contribution in [2.75, 3.05) is 6.26 Å². The molecule has 0 aliphatic rings. The van der Waals surface area contributed by atoms with Gasteiger partial charge in [-0.3, -0.25) is 10.1 Å². The van der Waals surface area contributed by atoms with Crippen molar-refractivity contribution in [3.63, 3.8) is 0 Å². The third-order valence-electron chi connectivity index (χ3n) is 3.04. The first kappa shape index (κ1) is 18.4. The van der Waals surface area contributed by atoms with Crippen LogP contribution in [-0.2, 0) is 9.84 Å². The average Bonchev–Trinajstić information content (AvgIpc) is 2.54. The molecule has 2 aromatic carbocycles. The molecule has 0 N–H and O–H groups in total. The molecule has 9 heteroatoms. The van der Waals surface area contributed by atoms with Crippen molar-refractivity contribution < 1.29 is 18.1 Å². The Morgan fingerprint density at radius 3 is 2.52 bits per heavy atom. The van der Waals surface area contributed by atoms with E-state index >= 15 is 0 Å². The highest BCUT2D eigenvalue weighted by atomic mass is 35.5. The summed E-state index contributed by atoms with van der Waals surface area (Å²) < 4.78 is 28.4. The second-order valence-electron chi connectivity index (χ2n) is 4.91. The number of para-hydroxylation sites is 1. The predicted molar refractivity (Wildman–Crippen MR) is 93.1 cm³/mol. The van der Waals surface area contributed by atoms with E-state index in [0.29, 0.717) is 0 Å². The molecule has 2 aromatic rings. The maximum atomic E-state index is 11.5. The van der Waals surface area contributed by atoms with Crippen molar-refractivity contribution in [2.24, 2.45) is 0 Å². The Morgan fingerprint density at radius 1 is 1.28 bits per heavy atom. The summed E-state index contributed by atoms with van der Waals surface area (Å²) in [5, 5.41) is 20.5. The summed E-state index contributed by atoms with van der Waals surface area (Å²) in [5.41, 5.74) is -0.209. The minimum absolute atomic E-state index is 0.0619. The van der Waals surface area contributed by atoms with Crippen molar-refractivity contribution in [1.82, 2.24) is 0 Å². The fourth-order valence-electron chi connectivity index (χ4n) is 1.87. The number of nitro groups is 1. The number of nitrogens with zero attached hydrogens (tertiary/aromatic N) is 2. The quantitative estimate of drug-likeness (QED) is 0.442. The van der Waals surface area contributed by atoms with Crippen LogP contribution in [0.1, 0.15) is 5.56 Å². The summed E-state index contributed by atoms with van der Waals surface area (Å²) in [4.78, 5) is 10.1. The van der Waals surface area contributed by atoms with E-state index in [-0.39, 0.29) is 27.8 Å². The normalized spacial score (nSPS) is 11.6. The third-order valence-corrected chi connectivity index (χ3v) is 4.36. The van der Waals surface area contributed by atoms with Gasteiger partial charge in [0.1, 0.15) is 16.7 Å². The van der Waals surface area contributed by atoms with Gasteiger partial charge in [-0.2, -0.15) is 5.26 Å². The molecule has 0 radical (unpaired) electrons. The van der Waals surface area contributed by atoms with Gasteiger partial charge >= 0.3 is 5.69 Å². The Morgan fingerprint density at radius 2 is 1.96 bits per heavy atom. The van der Waals surface area contributed by atoms with Crippen molar-refractivity contribution in [3.05, 3.63) is 68.1 Å². The van der Waals surface area contributed by atoms with Crippen LogP contribution in [0, 0.1) is 21.4 Å². The van der Waals surface area contributed by atoms with Gasteiger partial charge in [-0.25, -0.2) is 8.42 Å². The first-order valence-corrected chi connectivity index (χ1v) is 9.02. The van der Waals surface area contributed by atoms with Gasteiger partial charge in [-0.05, 0) is 29.8 Å². The standard InChI is InChI=1S/C16H11ClN2O5S/c1-25(22,23)12(10-18)8-11-6-7-16(14(9-11)19(20)21)24-15-5-3-2-4-13(15)17/h2-9H,1H3/b12-8+. The van der Waals surface area contributed by atoms with Crippen LogP contribution in [-0.4, -0.2) is 19.6 Å². The number of halogens is 1. The topological polar surface area (TPSA) is 110 Å². The van der Waals surface area contributed by atoms with Gasteiger partial charge in [0.05, 0.1) is 9.95 Å². The lowest BCUT2D eigenvalue weighted by Crippen LogP contribution is -1.99. The van der Waals surface area contributed by atoms with Crippen LogP contribution in [0.25, 0.3) is 6.08 Å². The summed E-state index contributed by atoms with van der Waals surface area (Å²) in [5.74, 6) is 0.178. The molecule has 0 heterocycles. The number of hydrogen-bond donors (Lipinski definition) is 0. The van der Waals surface area contributed by atoms with E-state index in [1.165, 1.54) is 12.1 Å². The van der Waals surface area contributed by atoms with Crippen molar-refractivity contribution >= 4 is 33.2 Å². The highest BCUT2D eigenvalue weighted by Crippen LogP contribution is 2.35. The van der Waals surface area contributed by atoms with E-state index in [9.17, 15) is 18.5 Å². The van der Waals surface area contributed by atoms with Gasteiger partial charge in [0.2, 0.25) is 5.75 Å². The summed E-state index contributed by atoms with van der Waals surface area (Å²) >= 11 is 5.97. The van der Waals surface area contributed by atoms with Crippen molar-refractivity contribution in [2.45, 2.75) is 0 Å². The number of nitro benzene ring substituents is 1. The number of sulfone groups is 1. The molecule has 0 atom stereocenters. The van der Waals surface area contributed by atoms with E-state index in [2.05, 4.69) is 0 Å². The van der Waals surface area contributed by atoms with Gasteiger partial charge < -0.3 is 4.74 Å². The van der Waals surface area contributed by atoms with Crippen LogP contribution >= 0.6 is 11.6 Å². The molecule has 0 amide bonds. The van der Waals surface area contributed by atoms with Gasteiger partial charge in [0, 0.05) is 12.3 Å². The zero-order chi connectivity index (χ0) is 18.6. The van der Waals surface area contributed by atoms with Crippen LogP contribution in [0.15, 0.2) is 47.4 Å². The van der Waals surface area contributed by atoms with Crippen LogP contribution in [0.2, 0.25) is 5.02 Å². The second kappa shape index (κ2) is 7.34. The minimum atomic E-state index is -3.73. The fraction of sp³-hybridized carbons (Fsp3) is 0.0625. The first-order chi connectivity index (χ1) is 11.7. The number of ether oxygens (including phenoxy) is 1. The molecule has 128 valence electrons. The van der Waals surface area contributed by atoms with Crippen LogP contribution in [0.4, 0.5) is 5.69 Å². The third kappa shape index (κ3) is 4.56. The Labute approximate surface area is 148 Å². The highest BCUT2D eigenvalue weighted by molar-refractivity contribution is 7.95. The number of nitriles is 1. The molecular formula is C16H11ClN2O5S. The van der Waals surface area contributed by atoms with E-state index in [0.717, 1.165) is 18.4 Å². The maximum absolute atomic E-state index is 11.5. The molecule has 25 heavy (non-hydrogen) atoms. The lowest BCUT2D eigenvalue weighted by atomic mass is 10.1. The maximum Gasteiger partial charge on any atom is 0.312 e. The number of benzene rings is 2. The Balaban J connectivity index is 2.49. The summed E-state index contributed by atoms with van der Waals surface area (Å²) in [7, 11) is -3.73. The SMILES string of the molecule is CS(=O)(=O)/C(C#N)=C/c1ccc(Oc2ccccc2Cl)c([N+](=O)[O-])c1. The zero-order valence-corrected chi connectivity index (χ0v) is 14.4. The van der Waals surface area contributed by atoms with Gasteiger partial charge in [0.15, 0.2) is 9.84 Å². The second-order valence-corrected chi connectivity index (χ2v) is 7.30. The van der Waals surface area contributed by atoms with Gasteiger partial charge in [-0.1, -0.05) is 29.8 Å². The molecule has 0 saturated heterocycles. The molecule has 2 rings (SSSR count). The number of allylic oxidation sites excluding steroid dienone is 1. The molecule has 0 aliphatic carbocycles.